The zero-order valence-corrected chi connectivity index (χ0v) is 7.09. The summed E-state index contributed by atoms with van der Waals surface area (Å²) in [6.07, 6.45) is 4.83. The van der Waals surface area contributed by atoms with E-state index in [1.54, 1.807) is 0 Å². The van der Waals surface area contributed by atoms with Gasteiger partial charge in [-0.2, -0.15) is 0 Å². The Hall–Kier alpha value is -1.05. The smallest absolute Gasteiger partial charge is 0.0556 e. The minimum absolute atomic E-state index is 1.02. The van der Waals surface area contributed by atoms with Gasteiger partial charge in [-0.15, -0.1) is 0 Å². The van der Waals surface area contributed by atoms with Gasteiger partial charge in [0.15, 0.2) is 0 Å². The molecule has 1 aromatic heterocycles. The molecule has 2 nitrogen and oxygen atoms in total. The molecule has 0 unspecified atom stereocenters. The number of aryl methyl sites for hydroxylation is 1. The van der Waals surface area contributed by atoms with Crippen LogP contribution in [-0.2, 0) is 0 Å². The largest absolute Gasteiger partial charge is 0.384 e. The molecule has 0 aromatic carbocycles. The number of aromatic nitrogens is 1. The molecule has 0 aliphatic rings. The van der Waals surface area contributed by atoms with Gasteiger partial charge in [0.05, 0.1) is 11.9 Å². The summed E-state index contributed by atoms with van der Waals surface area (Å²) >= 11 is 0. The van der Waals surface area contributed by atoms with Crippen molar-refractivity contribution < 1.29 is 0 Å². The second-order valence-corrected chi connectivity index (χ2v) is 2.62. The summed E-state index contributed by atoms with van der Waals surface area (Å²) in [7, 11) is 0. The molecule has 1 aromatic rings. The Labute approximate surface area is 67.7 Å². The molecule has 0 aliphatic carbocycles. The molecule has 0 amide bonds. The molecule has 2 heteroatoms. The van der Waals surface area contributed by atoms with Crippen molar-refractivity contribution in [3.63, 3.8) is 0 Å². The Morgan fingerprint density at radius 2 is 2.36 bits per heavy atom. The van der Waals surface area contributed by atoms with Crippen molar-refractivity contribution in [3.05, 3.63) is 24.0 Å². The zero-order valence-electron chi connectivity index (χ0n) is 7.09. The second-order valence-electron chi connectivity index (χ2n) is 2.62. The summed E-state index contributed by atoms with van der Waals surface area (Å²) < 4.78 is 0. The number of nitrogens with zero attached hydrogens (tertiary/aromatic N) is 1. The van der Waals surface area contributed by atoms with E-state index in [1.807, 2.05) is 18.5 Å². The maximum absolute atomic E-state index is 4.04. The van der Waals surface area contributed by atoms with Gasteiger partial charge in [0.25, 0.3) is 0 Å². The molecule has 1 N–H and O–H groups in total. The van der Waals surface area contributed by atoms with Gasteiger partial charge in [-0.1, -0.05) is 6.92 Å². The lowest BCUT2D eigenvalue weighted by Crippen LogP contribution is -2.01. The van der Waals surface area contributed by atoms with Crippen LogP contribution in [0.1, 0.15) is 18.9 Å². The molecule has 0 fully saturated rings. The lowest BCUT2D eigenvalue weighted by Gasteiger charge is -2.05. The van der Waals surface area contributed by atoms with Gasteiger partial charge in [-0.3, -0.25) is 4.98 Å². The molecule has 1 rings (SSSR count). The van der Waals surface area contributed by atoms with Gasteiger partial charge in [-0.05, 0) is 25.0 Å². The zero-order chi connectivity index (χ0) is 8.10. The minimum atomic E-state index is 1.02. The summed E-state index contributed by atoms with van der Waals surface area (Å²) in [6.45, 7) is 5.25. The molecule has 0 aliphatic heterocycles. The van der Waals surface area contributed by atoms with Crippen LogP contribution in [0.4, 0.5) is 5.69 Å². The lowest BCUT2D eigenvalue weighted by molar-refractivity contribution is 0.975. The van der Waals surface area contributed by atoms with Crippen LogP contribution in [0.3, 0.4) is 0 Å². The minimum Gasteiger partial charge on any atom is -0.384 e. The Morgan fingerprint density at radius 3 is 3.00 bits per heavy atom. The maximum atomic E-state index is 4.04. The summed E-state index contributed by atoms with van der Waals surface area (Å²) in [6, 6.07) is 2.01. The van der Waals surface area contributed by atoms with Gasteiger partial charge in [-0.25, -0.2) is 0 Å². The van der Waals surface area contributed by atoms with Gasteiger partial charge >= 0.3 is 0 Å². The molecule has 0 atom stereocenters. The third kappa shape index (κ3) is 2.22. The van der Waals surface area contributed by atoms with Crippen LogP contribution < -0.4 is 5.32 Å². The summed E-state index contributed by atoms with van der Waals surface area (Å²) in [5.41, 5.74) is 2.41. The van der Waals surface area contributed by atoms with Crippen molar-refractivity contribution in [1.29, 1.82) is 0 Å². The van der Waals surface area contributed by atoms with Crippen molar-refractivity contribution in [1.82, 2.24) is 4.98 Å². The van der Waals surface area contributed by atoms with Crippen LogP contribution >= 0.6 is 0 Å². The highest BCUT2D eigenvalue weighted by molar-refractivity contribution is 5.47. The van der Waals surface area contributed by atoms with E-state index in [0.717, 1.165) is 18.7 Å². The van der Waals surface area contributed by atoms with Gasteiger partial charge < -0.3 is 5.32 Å². The first-order chi connectivity index (χ1) is 5.34. The van der Waals surface area contributed by atoms with E-state index in [4.69, 9.17) is 0 Å². The highest BCUT2D eigenvalue weighted by Gasteiger charge is 1.93. The monoisotopic (exact) mass is 150 g/mol. The first-order valence-electron chi connectivity index (χ1n) is 3.99. The van der Waals surface area contributed by atoms with E-state index in [2.05, 4.69) is 24.1 Å². The number of pyridine rings is 1. The molecule has 0 radical (unpaired) electrons. The van der Waals surface area contributed by atoms with E-state index in [1.165, 1.54) is 5.56 Å². The van der Waals surface area contributed by atoms with Crippen LogP contribution in [0.5, 0.6) is 0 Å². The lowest BCUT2D eigenvalue weighted by atomic mass is 10.2. The van der Waals surface area contributed by atoms with Crippen molar-refractivity contribution in [3.8, 4) is 0 Å². The average Bonchev–Trinajstić information content (AvgIpc) is 2.03. The van der Waals surface area contributed by atoms with Crippen LogP contribution in [0, 0.1) is 6.92 Å². The molecule has 0 spiro atoms. The molecule has 60 valence electrons. The SMILES string of the molecule is CCCNc1cnccc1C. The van der Waals surface area contributed by atoms with Crippen molar-refractivity contribution in [2.75, 3.05) is 11.9 Å². The van der Waals surface area contributed by atoms with Crippen LogP contribution in [0.2, 0.25) is 0 Å². The Balaban J connectivity index is 2.62. The molecule has 0 saturated heterocycles. The first kappa shape index (κ1) is 8.05. The summed E-state index contributed by atoms with van der Waals surface area (Å²) in [4.78, 5) is 4.04. The van der Waals surface area contributed by atoms with E-state index in [0.29, 0.717) is 0 Å². The van der Waals surface area contributed by atoms with E-state index < -0.39 is 0 Å². The van der Waals surface area contributed by atoms with Crippen molar-refractivity contribution >= 4 is 5.69 Å². The predicted octanol–water partition coefficient (Wildman–Crippen LogP) is 2.21. The van der Waals surface area contributed by atoms with Crippen LogP contribution in [0.25, 0.3) is 0 Å². The molecule has 11 heavy (non-hydrogen) atoms. The van der Waals surface area contributed by atoms with Crippen molar-refractivity contribution in [2.24, 2.45) is 0 Å². The van der Waals surface area contributed by atoms with Crippen molar-refractivity contribution in [2.45, 2.75) is 20.3 Å². The fourth-order valence-electron chi connectivity index (χ4n) is 0.909. The first-order valence-corrected chi connectivity index (χ1v) is 3.99. The third-order valence-electron chi connectivity index (χ3n) is 1.60. The molecule has 0 saturated carbocycles. The summed E-state index contributed by atoms with van der Waals surface area (Å²) in [5, 5.41) is 3.30. The van der Waals surface area contributed by atoms with Gasteiger partial charge in [0, 0.05) is 12.7 Å². The normalized spacial score (nSPS) is 9.64. The van der Waals surface area contributed by atoms with Gasteiger partial charge in [0.2, 0.25) is 0 Å². The Kier molecular flexibility index (Phi) is 2.90. The summed E-state index contributed by atoms with van der Waals surface area (Å²) in [5.74, 6) is 0. The Bertz CT molecular complexity index is 221. The fourth-order valence-corrected chi connectivity index (χ4v) is 0.909. The second kappa shape index (κ2) is 3.96. The number of anilines is 1. The highest BCUT2D eigenvalue weighted by atomic mass is 14.9. The Morgan fingerprint density at radius 1 is 1.55 bits per heavy atom. The standard InChI is InChI=1S/C9H14N2/c1-3-5-11-9-7-10-6-4-8(9)2/h4,6-7,11H,3,5H2,1-2H3. The fraction of sp³-hybridized carbons (Fsp3) is 0.444. The number of rotatable bonds is 3. The maximum Gasteiger partial charge on any atom is 0.0556 e. The van der Waals surface area contributed by atoms with E-state index in [9.17, 15) is 0 Å². The van der Waals surface area contributed by atoms with Crippen LogP contribution in [-0.4, -0.2) is 11.5 Å². The molecule has 0 bridgehead atoms. The third-order valence-corrected chi connectivity index (χ3v) is 1.60. The van der Waals surface area contributed by atoms with E-state index >= 15 is 0 Å². The van der Waals surface area contributed by atoms with Gasteiger partial charge in [0.1, 0.15) is 0 Å². The predicted molar refractivity (Wildman–Crippen MR) is 47.8 cm³/mol. The average molecular weight is 150 g/mol. The number of hydrogen-bond acceptors (Lipinski definition) is 2. The molecule has 1 heterocycles. The topological polar surface area (TPSA) is 24.9 Å². The van der Waals surface area contributed by atoms with E-state index in [-0.39, 0.29) is 0 Å². The number of hydrogen-bond donors (Lipinski definition) is 1. The molecular formula is C9H14N2. The highest BCUT2D eigenvalue weighted by Crippen LogP contribution is 2.10. The number of nitrogens with one attached hydrogen (secondary N) is 1. The molecular weight excluding hydrogens is 136 g/mol. The quantitative estimate of drug-likeness (QED) is 0.714. The van der Waals surface area contributed by atoms with Crippen LogP contribution in [0.15, 0.2) is 18.5 Å².